The van der Waals surface area contributed by atoms with Crippen LogP contribution in [0.5, 0.6) is 5.75 Å². The second kappa shape index (κ2) is 5.38. The summed E-state index contributed by atoms with van der Waals surface area (Å²) in [5, 5.41) is 8.72. The van der Waals surface area contributed by atoms with Crippen LogP contribution in [0.25, 0.3) is 0 Å². The molecule has 106 valence electrons. The molecule has 0 aliphatic carbocycles. The van der Waals surface area contributed by atoms with Crippen molar-refractivity contribution in [3.8, 4) is 5.75 Å². The fourth-order valence-electron chi connectivity index (χ4n) is 1.51. The van der Waals surface area contributed by atoms with Gasteiger partial charge >= 0.3 is 5.97 Å². The Hall–Kier alpha value is -2.28. The molecular weight excluding hydrogens is 284 g/mol. The van der Waals surface area contributed by atoms with E-state index in [1.807, 2.05) is 0 Å². The maximum Gasteiger partial charge on any atom is 0.335 e. The number of carbonyl (C=O) groups is 1. The summed E-state index contributed by atoms with van der Waals surface area (Å²) in [5.74, 6) is -0.662. The van der Waals surface area contributed by atoms with Crippen LogP contribution in [0, 0.1) is 0 Å². The van der Waals surface area contributed by atoms with Crippen LogP contribution < -0.4 is 4.74 Å². The molecule has 1 heterocycles. The number of ether oxygens (including phenoxy) is 1. The number of sulfone groups is 1. The predicted molar refractivity (Wildman–Crippen MR) is 69.6 cm³/mol. The first-order chi connectivity index (χ1) is 9.36. The molecule has 1 N–H and O–H groups in total. The van der Waals surface area contributed by atoms with Gasteiger partial charge in [0, 0.05) is 17.9 Å². The minimum atomic E-state index is -3.38. The first-order valence-electron chi connectivity index (χ1n) is 5.60. The number of aromatic carboxylic acids is 1. The van der Waals surface area contributed by atoms with Crippen molar-refractivity contribution in [2.45, 2.75) is 11.7 Å². The Bertz CT molecular complexity index is 729. The van der Waals surface area contributed by atoms with E-state index in [1.165, 1.54) is 24.5 Å². The first-order valence-corrected chi connectivity index (χ1v) is 7.49. The molecular formula is C13H12O6S. The van der Waals surface area contributed by atoms with E-state index in [0.717, 1.165) is 6.26 Å². The lowest BCUT2D eigenvalue weighted by atomic mass is 10.2. The fraction of sp³-hybridized carbons (Fsp3) is 0.154. The number of rotatable bonds is 5. The molecule has 20 heavy (non-hydrogen) atoms. The molecule has 2 rings (SSSR count). The second-order valence-electron chi connectivity index (χ2n) is 4.17. The maximum absolute atomic E-state index is 11.2. The molecule has 6 nitrogen and oxygen atoms in total. The van der Waals surface area contributed by atoms with Crippen LogP contribution in [-0.4, -0.2) is 25.7 Å². The Kier molecular flexibility index (Phi) is 3.80. The van der Waals surface area contributed by atoms with E-state index in [4.69, 9.17) is 14.3 Å². The molecule has 7 heteroatoms. The van der Waals surface area contributed by atoms with E-state index in [2.05, 4.69) is 0 Å². The molecule has 0 radical (unpaired) electrons. The highest BCUT2D eigenvalue weighted by atomic mass is 32.2. The predicted octanol–water partition coefficient (Wildman–Crippen LogP) is 1.96. The number of benzene rings is 1. The van der Waals surface area contributed by atoms with Gasteiger partial charge in [-0.05, 0) is 18.2 Å². The molecule has 0 saturated heterocycles. The summed E-state index contributed by atoms with van der Waals surface area (Å²) in [6.45, 7) is 0.0854. The van der Waals surface area contributed by atoms with Crippen LogP contribution >= 0.6 is 0 Å². The highest BCUT2D eigenvalue weighted by Crippen LogP contribution is 2.18. The lowest BCUT2D eigenvalue weighted by Gasteiger charge is -2.04. The monoisotopic (exact) mass is 296 g/mol. The van der Waals surface area contributed by atoms with Crippen molar-refractivity contribution in [1.82, 2.24) is 0 Å². The molecule has 0 bridgehead atoms. The smallest absolute Gasteiger partial charge is 0.335 e. The number of carboxylic acid groups (broad SMARTS) is 1. The van der Waals surface area contributed by atoms with Crippen molar-refractivity contribution in [3.05, 3.63) is 47.7 Å². The van der Waals surface area contributed by atoms with Crippen LogP contribution in [0.4, 0.5) is 0 Å². The van der Waals surface area contributed by atoms with Gasteiger partial charge in [0.1, 0.15) is 12.4 Å². The van der Waals surface area contributed by atoms with Crippen molar-refractivity contribution in [2.24, 2.45) is 0 Å². The summed E-state index contributed by atoms with van der Waals surface area (Å²) in [4.78, 5) is 10.8. The van der Waals surface area contributed by atoms with Gasteiger partial charge < -0.3 is 14.3 Å². The van der Waals surface area contributed by atoms with Gasteiger partial charge in [0.15, 0.2) is 0 Å². The minimum absolute atomic E-state index is 0.0854. The molecule has 0 amide bonds. The topological polar surface area (TPSA) is 93.8 Å². The van der Waals surface area contributed by atoms with Crippen LogP contribution in [0.15, 0.2) is 46.1 Å². The maximum atomic E-state index is 11.2. The largest absolute Gasteiger partial charge is 0.489 e. The third kappa shape index (κ3) is 3.39. The standard InChI is InChI=1S/C13H12O6S/c1-20(16,17)12-5-9(8-19-12)7-18-11-4-2-3-10(6-11)13(14)15/h2-6,8H,7H2,1H3,(H,14,15). The molecule has 0 aliphatic rings. The normalized spacial score (nSPS) is 11.2. The van der Waals surface area contributed by atoms with Crippen molar-refractivity contribution < 1.29 is 27.5 Å². The lowest BCUT2D eigenvalue weighted by molar-refractivity contribution is 0.0696. The Morgan fingerprint density at radius 1 is 1.35 bits per heavy atom. The number of hydrogen-bond acceptors (Lipinski definition) is 5. The van der Waals surface area contributed by atoms with E-state index < -0.39 is 15.8 Å². The van der Waals surface area contributed by atoms with Gasteiger partial charge in [0.2, 0.25) is 14.9 Å². The highest BCUT2D eigenvalue weighted by Gasteiger charge is 2.13. The molecule has 2 aromatic rings. The third-order valence-electron chi connectivity index (χ3n) is 2.48. The van der Waals surface area contributed by atoms with Crippen LogP contribution in [0.2, 0.25) is 0 Å². The summed E-state index contributed by atoms with van der Waals surface area (Å²) in [7, 11) is -3.38. The second-order valence-corrected chi connectivity index (χ2v) is 6.11. The van der Waals surface area contributed by atoms with Gasteiger partial charge in [-0.15, -0.1) is 0 Å². The van der Waals surface area contributed by atoms with Crippen molar-refractivity contribution in [2.75, 3.05) is 6.26 Å². The minimum Gasteiger partial charge on any atom is -0.489 e. The zero-order chi connectivity index (χ0) is 14.8. The molecule has 0 spiro atoms. The van der Waals surface area contributed by atoms with Gasteiger partial charge in [-0.25, -0.2) is 13.2 Å². The molecule has 1 aromatic heterocycles. The van der Waals surface area contributed by atoms with E-state index in [9.17, 15) is 13.2 Å². The van der Waals surface area contributed by atoms with E-state index in [-0.39, 0.29) is 17.3 Å². The van der Waals surface area contributed by atoms with Gasteiger partial charge in [0.25, 0.3) is 0 Å². The molecule has 0 atom stereocenters. The Balaban J connectivity index is 2.07. The highest BCUT2D eigenvalue weighted by molar-refractivity contribution is 7.90. The molecule has 0 unspecified atom stereocenters. The summed E-state index contributed by atoms with van der Waals surface area (Å²) < 4.78 is 32.8. The Morgan fingerprint density at radius 3 is 2.70 bits per heavy atom. The Morgan fingerprint density at radius 2 is 2.10 bits per heavy atom. The molecule has 1 aromatic carbocycles. The molecule has 0 fully saturated rings. The quantitative estimate of drug-likeness (QED) is 0.906. The zero-order valence-electron chi connectivity index (χ0n) is 10.6. The number of furan rings is 1. The van der Waals surface area contributed by atoms with Crippen molar-refractivity contribution >= 4 is 15.8 Å². The first kappa shape index (κ1) is 14.1. The third-order valence-corrected chi connectivity index (χ3v) is 3.43. The number of carboxylic acids is 1. The molecule has 0 saturated carbocycles. The summed E-state index contributed by atoms with van der Waals surface area (Å²) in [6.07, 6.45) is 2.34. The zero-order valence-corrected chi connectivity index (χ0v) is 11.4. The van der Waals surface area contributed by atoms with Crippen molar-refractivity contribution in [3.63, 3.8) is 0 Å². The van der Waals surface area contributed by atoms with Gasteiger partial charge in [-0.1, -0.05) is 6.07 Å². The Labute approximate surface area is 115 Å². The van der Waals surface area contributed by atoms with Gasteiger partial charge in [0.05, 0.1) is 11.8 Å². The average Bonchev–Trinajstić information content (AvgIpc) is 2.85. The van der Waals surface area contributed by atoms with Crippen LogP contribution in [0.3, 0.4) is 0 Å². The summed E-state index contributed by atoms with van der Waals surface area (Å²) >= 11 is 0. The van der Waals surface area contributed by atoms with E-state index in [1.54, 1.807) is 12.1 Å². The molecule has 0 aliphatic heterocycles. The van der Waals surface area contributed by atoms with E-state index >= 15 is 0 Å². The van der Waals surface area contributed by atoms with Crippen molar-refractivity contribution in [1.29, 1.82) is 0 Å². The van der Waals surface area contributed by atoms with Crippen LogP contribution in [0.1, 0.15) is 15.9 Å². The van der Waals surface area contributed by atoms with Gasteiger partial charge in [-0.2, -0.15) is 0 Å². The van der Waals surface area contributed by atoms with Gasteiger partial charge in [-0.3, -0.25) is 0 Å². The summed E-state index contributed by atoms with van der Waals surface area (Å²) in [6, 6.07) is 7.39. The SMILES string of the molecule is CS(=O)(=O)c1cc(COc2cccc(C(=O)O)c2)co1. The van der Waals surface area contributed by atoms with E-state index in [0.29, 0.717) is 11.3 Å². The van der Waals surface area contributed by atoms with Crippen LogP contribution in [-0.2, 0) is 16.4 Å². The lowest BCUT2D eigenvalue weighted by Crippen LogP contribution is -1.99. The average molecular weight is 296 g/mol. The fourth-order valence-corrected chi connectivity index (χ4v) is 2.10. The number of hydrogen-bond donors (Lipinski definition) is 1. The summed E-state index contributed by atoms with van der Waals surface area (Å²) in [5.41, 5.74) is 0.665.